The van der Waals surface area contributed by atoms with Gasteiger partial charge in [-0.15, -0.1) is 0 Å². The van der Waals surface area contributed by atoms with Crippen LogP contribution in [-0.2, 0) is 11.3 Å². The molecule has 1 saturated carbocycles. The topological polar surface area (TPSA) is 79.1 Å². The van der Waals surface area contributed by atoms with Crippen LogP contribution in [-0.4, -0.2) is 39.8 Å². The molecule has 3 aromatic heterocycles. The number of aromatic nitrogens is 4. The largest absolute Gasteiger partial charge is 0.477 e. The van der Waals surface area contributed by atoms with E-state index in [0.29, 0.717) is 43.3 Å². The molecular formula is C24H28N4O3. The first-order valence-corrected chi connectivity index (χ1v) is 10.6. The lowest BCUT2D eigenvalue weighted by Gasteiger charge is -2.16. The Kier molecular flexibility index (Phi) is 6.13. The molecule has 0 aromatic carbocycles. The van der Waals surface area contributed by atoms with E-state index >= 15 is 0 Å². The fourth-order valence-corrected chi connectivity index (χ4v) is 3.84. The Bertz CT molecular complexity index is 1120. The van der Waals surface area contributed by atoms with Crippen molar-refractivity contribution in [1.82, 2.24) is 19.5 Å². The quantitative estimate of drug-likeness (QED) is 0.555. The molecule has 0 bridgehead atoms. The lowest BCUT2D eigenvalue weighted by atomic mass is 10.1. The third-order valence-electron chi connectivity index (χ3n) is 5.81. The predicted octanol–water partition coefficient (Wildman–Crippen LogP) is 3.45. The van der Waals surface area contributed by atoms with Gasteiger partial charge in [0.15, 0.2) is 0 Å². The van der Waals surface area contributed by atoms with Gasteiger partial charge >= 0.3 is 0 Å². The molecule has 0 N–H and O–H groups in total. The number of rotatable bonds is 8. The van der Waals surface area contributed by atoms with E-state index in [4.69, 9.17) is 9.47 Å². The first-order chi connectivity index (χ1) is 15.0. The van der Waals surface area contributed by atoms with E-state index in [1.807, 2.05) is 33.0 Å². The van der Waals surface area contributed by atoms with Crippen LogP contribution in [0.5, 0.6) is 5.88 Å². The molecule has 0 amide bonds. The zero-order valence-corrected chi connectivity index (χ0v) is 18.5. The first-order valence-electron chi connectivity index (χ1n) is 10.6. The van der Waals surface area contributed by atoms with Gasteiger partial charge in [-0.05, 0) is 44.9 Å². The summed E-state index contributed by atoms with van der Waals surface area (Å²) in [6.45, 7) is 7.35. The summed E-state index contributed by atoms with van der Waals surface area (Å²) in [5.41, 5.74) is 4.76. The van der Waals surface area contributed by atoms with E-state index < -0.39 is 0 Å². The van der Waals surface area contributed by atoms with Gasteiger partial charge < -0.3 is 14.0 Å². The Hall–Kier alpha value is -3.06. The van der Waals surface area contributed by atoms with Crippen molar-refractivity contribution in [2.45, 2.75) is 39.7 Å². The molecule has 3 heterocycles. The molecule has 4 rings (SSSR count). The minimum Gasteiger partial charge on any atom is -0.477 e. The Labute approximate surface area is 182 Å². The van der Waals surface area contributed by atoms with Crippen molar-refractivity contribution in [2.75, 3.05) is 20.3 Å². The molecule has 1 aliphatic carbocycles. The summed E-state index contributed by atoms with van der Waals surface area (Å²) in [5.74, 6) is 2.06. The molecule has 162 valence electrons. The van der Waals surface area contributed by atoms with E-state index in [-0.39, 0.29) is 5.56 Å². The summed E-state index contributed by atoms with van der Waals surface area (Å²) in [6, 6.07) is 7.60. The summed E-state index contributed by atoms with van der Waals surface area (Å²) >= 11 is 0. The Morgan fingerprint density at radius 1 is 1.06 bits per heavy atom. The number of aryl methyl sites for hydroxylation is 2. The highest BCUT2D eigenvalue weighted by molar-refractivity contribution is 5.69. The van der Waals surface area contributed by atoms with Gasteiger partial charge in [-0.1, -0.05) is 6.07 Å². The SMILES string of the molecule is COCCn1c(C)c(-c2cnc(C)nc2OCC2CC2c2ccc(C)cn2)ccc1=O. The second-order valence-electron chi connectivity index (χ2n) is 8.12. The molecule has 0 radical (unpaired) electrons. The highest BCUT2D eigenvalue weighted by Crippen LogP contribution is 2.47. The van der Waals surface area contributed by atoms with Crippen LogP contribution in [0.2, 0.25) is 0 Å². The zero-order valence-electron chi connectivity index (χ0n) is 18.5. The number of methoxy groups -OCH3 is 1. The van der Waals surface area contributed by atoms with Gasteiger partial charge in [0.05, 0.1) is 18.8 Å². The van der Waals surface area contributed by atoms with Crippen LogP contribution in [0.15, 0.2) is 41.5 Å². The Balaban J connectivity index is 1.55. The van der Waals surface area contributed by atoms with Crippen molar-refractivity contribution in [3.05, 3.63) is 69.8 Å². The van der Waals surface area contributed by atoms with Crippen molar-refractivity contribution in [3.8, 4) is 17.0 Å². The standard InChI is InChI=1S/C24H28N4O3/c1-15-5-7-22(26-12-15)20-11-18(20)14-31-24-21(13-25-17(3)27-24)19-6-8-23(29)28(16(19)2)9-10-30-4/h5-8,12-13,18,20H,9-11,14H2,1-4H3. The van der Waals surface area contributed by atoms with Gasteiger partial charge in [0.1, 0.15) is 5.82 Å². The molecule has 3 aromatic rings. The highest BCUT2D eigenvalue weighted by Gasteiger charge is 2.40. The molecule has 1 fully saturated rings. The number of ether oxygens (including phenoxy) is 2. The summed E-state index contributed by atoms with van der Waals surface area (Å²) in [4.78, 5) is 25.8. The first kappa shape index (κ1) is 21.2. The summed E-state index contributed by atoms with van der Waals surface area (Å²) in [6.07, 6.45) is 4.76. The monoisotopic (exact) mass is 420 g/mol. The van der Waals surface area contributed by atoms with Crippen molar-refractivity contribution in [1.29, 1.82) is 0 Å². The van der Waals surface area contributed by atoms with Gasteiger partial charge in [0, 0.05) is 60.9 Å². The van der Waals surface area contributed by atoms with Crippen molar-refractivity contribution in [3.63, 3.8) is 0 Å². The molecule has 2 atom stereocenters. The minimum absolute atomic E-state index is 0.0554. The predicted molar refractivity (Wildman–Crippen MR) is 118 cm³/mol. The fourth-order valence-electron chi connectivity index (χ4n) is 3.84. The number of hydrogen-bond acceptors (Lipinski definition) is 6. The molecule has 0 aliphatic heterocycles. The van der Waals surface area contributed by atoms with Crippen molar-refractivity contribution in [2.24, 2.45) is 5.92 Å². The van der Waals surface area contributed by atoms with Crippen LogP contribution in [0.4, 0.5) is 0 Å². The van der Waals surface area contributed by atoms with Gasteiger partial charge in [-0.3, -0.25) is 9.78 Å². The maximum Gasteiger partial charge on any atom is 0.250 e. The summed E-state index contributed by atoms with van der Waals surface area (Å²) in [7, 11) is 1.63. The van der Waals surface area contributed by atoms with E-state index in [9.17, 15) is 4.79 Å². The molecule has 0 spiro atoms. The second kappa shape index (κ2) is 8.98. The molecule has 7 nitrogen and oxygen atoms in total. The van der Waals surface area contributed by atoms with Crippen LogP contribution >= 0.6 is 0 Å². The van der Waals surface area contributed by atoms with Gasteiger partial charge in [0.25, 0.3) is 5.56 Å². The smallest absolute Gasteiger partial charge is 0.250 e. The second-order valence-corrected chi connectivity index (χ2v) is 8.12. The average molecular weight is 421 g/mol. The Morgan fingerprint density at radius 3 is 2.65 bits per heavy atom. The summed E-state index contributed by atoms with van der Waals surface area (Å²) in [5, 5.41) is 0. The van der Waals surface area contributed by atoms with E-state index in [2.05, 4.69) is 27.1 Å². The molecule has 0 saturated heterocycles. The lowest BCUT2D eigenvalue weighted by molar-refractivity contribution is 0.185. The highest BCUT2D eigenvalue weighted by atomic mass is 16.5. The van der Waals surface area contributed by atoms with Gasteiger partial charge in [-0.25, -0.2) is 4.98 Å². The van der Waals surface area contributed by atoms with Crippen LogP contribution < -0.4 is 10.3 Å². The summed E-state index contributed by atoms with van der Waals surface area (Å²) < 4.78 is 13.0. The molecule has 2 unspecified atom stereocenters. The normalized spacial score (nSPS) is 17.5. The van der Waals surface area contributed by atoms with E-state index in [0.717, 1.165) is 28.9 Å². The average Bonchev–Trinajstić information content (AvgIpc) is 3.53. The molecular weight excluding hydrogens is 392 g/mol. The van der Waals surface area contributed by atoms with Crippen molar-refractivity contribution >= 4 is 0 Å². The maximum atomic E-state index is 12.3. The lowest BCUT2D eigenvalue weighted by Crippen LogP contribution is -2.24. The van der Waals surface area contributed by atoms with Crippen LogP contribution in [0.25, 0.3) is 11.1 Å². The third-order valence-corrected chi connectivity index (χ3v) is 5.81. The van der Waals surface area contributed by atoms with E-state index in [1.54, 1.807) is 23.9 Å². The van der Waals surface area contributed by atoms with Crippen LogP contribution in [0.3, 0.4) is 0 Å². The number of nitrogens with zero attached hydrogens (tertiary/aromatic N) is 4. The molecule has 1 aliphatic rings. The van der Waals surface area contributed by atoms with Crippen LogP contribution in [0.1, 0.15) is 35.1 Å². The molecule has 7 heteroatoms. The third kappa shape index (κ3) is 4.66. The van der Waals surface area contributed by atoms with Crippen molar-refractivity contribution < 1.29 is 9.47 Å². The Morgan fingerprint density at radius 2 is 1.90 bits per heavy atom. The number of hydrogen-bond donors (Lipinski definition) is 0. The maximum absolute atomic E-state index is 12.3. The minimum atomic E-state index is -0.0554. The van der Waals surface area contributed by atoms with Gasteiger partial charge in [0.2, 0.25) is 5.88 Å². The fraction of sp³-hybridized carbons (Fsp3) is 0.417. The zero-order chi connectivity index (χ0) is 22.0. The van der Waals surface area contributed by atoms with Crippen LogP contribution in [0, 0.1) is 26.7 Å². The van der Waals surface area contributed by atoms with Gasteiger partial charge in [-0.2, -0.15) is 4.98 Å². The van der Waals surface area contributed by atoms with E-state index in [1.165, 1.54) is 5.56 Å². The molecule has 31 heavy (non-hydrogen) atoms. The number of pyridine rings is 2.